The largest absolute Gasteiger partial charge is 0.491 e. The van der Waals surface area contributed by atoms with Gasteiger partial charge in [0.1, 0.15) is 16.9 Å². The molecule has 12 heteroatoms. The van der Waals surface area contributed by atoms with Gasteiger partial charge in [0.15, 0.2) is 28.8 Å². The number of ketones is 1. The van der Waals surface area contributed by atoms with E-state index in [0.29, 0.717) is 22.3 Å². The highest BCUT2D eigenvalue weighted by molar-refractivity contribution is 5.97. The summed E-state index contributed by atoms with van der Waals surface area (Å²) in [6.07, 6.45) is 2.26. The zero-order valence-corrected chi connectivity index (χ0v) is 21.2. The van der Waals surface area contributed by atoms with Crippen molar-refractivity contribution in [3.63, 3.8) is 0 Å². The highest BCUT2D eigenvalue weighted by atomic mass is 19.1. The number of anilines is 1. The molecule has 2 N–H and O–H groups in total. The molecule has 5 rings (SSSR count). The van der Waals surface area contributed by atoms with E-state index < -0.39 is 23.0 Å². The summed E-state index contributed by atoms with van der Waals surface area (Å²) < 4.78 is 45.6. The minimum atomic E-state index is -0.741. The van der Waals surface area contributed by atoms with Gasteiger partial charge in [0.25, 0.3) is 11.4 Å². The van der Waals surface area contributed by atoms with Crippen LogP contribution < -0.4 is 25.5 Å². The maximum atomic E-state index is 15.1. The molecule has 40 heavy (non-hydrogen) atoms. The fraction of sp³-hybridized carbons (Fsp3) is 0.107. The number of pyridine rings is 2. The molecule has 3 heterocycles. The Labute approximate surface area is 225 Å². The van der Waals surface area contributed by atoms with Crippen molar-refractivity contribution in [2.45, 2.75) is 6.42 Å². The lowest BCUT2D eigenvalue weighted by atomic mass is 10.0. The first-order valence-corrected chi connectivity index (χ1v) is 11.8. The third-order valence-corrected chi connectivity index (χ3v) is 5.98. The Balaban J connectivity index is 1.40. The predicted molar refractivity (Wildman–Crippen MR) is 141 cm³/mol. The van der Waals surface area contributed by atoms with Gasteiger partial charge in [-0.25, -0.2) is 23.3 Å². The van der Waals surface area contributed by atoms with Crippen LogP contribution in [0.1, 0.15) is 15.9 Å². The fourth-order valence-electron chi connectivity index (χ4n) is 4.02. The lowest BCUT2D eigenvalue weighted by Crippen LogP contribution is -2.28. The Hall–Kier alpha value is -5.39. The Morgan fingerprint density at radius 2 is 1.73 bits per heavy atom. The van der Waals surface area contributed by atoms with Gasteiger partial charge in [-0.2, -0.15) is 0 Å². The number of ether oxygens (including phenoxy) is 3. The zero-order valence-electron chi connectivity index (χ0n) is 21.2. The zero-order chi connectivity index (χ0) is 28.4. The van der Waals surface area contributed by atoms with Crippen LogP contribution >= 0.6 is 0 Å². The summed E-state index contributed by atoms with van der Waals surface area (Å²) in [5.41, 5.74) is 6.17. The number of nitrogens with two attached hydrogens (primary N) is 1. The molecule has 0 fully saturated rings. The minimum Gasteiger partial charge on any atom is -0.491 e. The van der Waals surface area contributed by atoms with Crippen LogP contribution in [0, 0.1) is 11.6 Å². The van der Waals surface area contributed by atoms with Gasteiger partial charge in [-0.1, -0.05) is 6.07 Å². The molecule has 0 bridgehead atoms. The molecule has 0 aliphatic carbocycles. The number of aromatic nitrogens is 4. The van der Waals surface area contributed by atoms with E-state index in [2.05, 4.69) is 15.0 Å². The Kier molecular flexibility index (Phi) is 7.06. The third-order valence-electron chi connectivity index (χ3n) is 5.98. The summed E-state index contributed by atoms with van der Waals surface area (Å²) in [6.45, 7) is 0. The van der Waals surface area contributed by atoms with Crippen molar-refractivity contribution in [2.75, 3.05) is 20.0 Å². The van der Waals surface area contributed by atoms with Crippen molar-refractivity contribution in [3.8, 4) is 28.8 Å². The van der Waals surface area contributed by atoms with Gasteiger partial charge < -0.3 is 19.9 Å². The van der Waals surface area contributed by atoms with Gasteiger partial charge in [-0.05, 0) is 42.0 Å². The molecule has 0 saturated carbocycles. The number of Topliss-reactive ketones (excluding diaryl/α,β-unsaturated/α-hetero) is 1. The Morgan fingerprint density at radius 3 is 2.42 bits per heavy atom. The van der Waals surface area contributed by atoms with Crippen LogP contribution in [0.3, 0.4) is 0 Å². The lowest BCUT2D eigenvalue weighted by molar-refractivity contribution is 0.0991. The molecule has 10 nitrogen and oxygen atoms in total. The van der Waals surface area contributed by atoms with E-state index in [0.717, 1.165) is 29.0 Å². The molecular formula is C28H21F2N5O5. The van der Waals surface area contributed by atoms with Crippen molar-refractivity contribution in [3.05, 3.63) is 100 Å². The number of hydrogen-bond acceptors (Lipinski definition) is 9. The van der Waals surface area contributed by atoms with Gasteiger partial charge in [-0.15, -0.1) is 0 Å². The molecule has 5 aromatic rings. The summed E-state index contributed by atoms with van der Waals surface area (Å²) in [7, 11) is 2.91. The summed E-state index contributed by atoms with van der Waals surface area (Å²) in [5.74, 6) is -1.33. The van der Waals surface area contributed by atoms with Crippen molar-refractivity contribution >= 4 is 22.8 Å². The number of rotatable bonds is 8. The molecule has 202 valence electrons. The van der Waals surface area contributed by atoms with Gasteiger partial charge in [0, 0.05) is 30.9 Å². The first kappa shape index (κ1) is 26.2. The van der Waals surface area contributed by atoms with Crippen LogP contribution in [-0.4, -0.2) is 39.5 Å². The van der Waals surface area contributed by atoms with E-state index in [1.165, 1.54) is 50.7 Å². The molecule has 2 aromatic carbocycles. The highest BCUT2D eigenvalue weighted by Gasteiger charge is 2.19. The highest BCUT2D eigenvalue weighted by Crippen LogP contribution is 2.34. The van der Waals surface area contributed by atoms with Crippen LogP contribution in [0.25, 0.3) is 16.7 Å². The molecular weight excluding hydrogens is 524 g/mol. The molecule has 0 spiro atoms. The van der Waals surface area contributed by atoms with E-state index in [-0.39, 0.29) is 41.0 Å². The average Bonchev–Trinajstić information content (AvgIpc) is 2.94. The standard InChI is InChI=1S/C28H21F2N5O5/c1-38-24-13-20-25(34-26(24)39-2)23(9-10-32-20)40-22-8-3-15(11-19(22)30)12-21(36)18-14-33-28(31)35(27(18)37)17-6-4-16(29)5-7-17/h3-11,13-14H,12H2,1-2H3,(H2,31,33). The normalized spacial score (nSPS) is 10.9. The maximum Gasteiger partial charge on any atom is 0.270 e. The molecule has 0 unspecified atom stereocenters. The number of nitrogen functional groups attached to an aromatic ring is 1. The third kappa shape index (κ3) is 5.01. The lowest BCUT2D eigenvalue weighted by Gasteiger charge is -2.12. The molecule has 0 saturated heterocycles. The summed E-state index contributed by atoms with van der Waals surface area (Å²) in [5, 5.41) is 0. The first-order chi connectivity index (χ1) is 19.3. The van der Waals surface area contributed by atoms with Gasteiger partial charge in [0.2, 0.25) is 5.95 Å². The molecule has 0 radical (unpaired) electrons. The van der Waals surface area contributed by atoms with Gasteiger partial charge in [0.05, 0.1) is 25.4 Å². The topological polar surface area (TPSA) is 131 Å². The second-order valence-electron chi connectivity index (χ2n) is 8.49. The SMILES string of the molecule is COc1cc2nccc(Oc3ccc(CC(=O)c4cnc(N)n(-c5ccc(F)cc5)c4=O)cc3F)c2nc1OC. The number of carbonyl (C=O) groups is 1. The Morgan fingerprint density at radius 1 is 0.950 bits per heavy atom. The Bertz CT molecular complexity index is 1810. The van der Waals surface area contributed by atoms with Gasteiger partial charge in [-0.3, -0.25) is 14.6 Å². The summed E-state index contributed by atoms with van der Waals surface area (Å²) in [6, 6.07) is 12.1. The van der Waals surface area contributed by atoms with Crippen LogP contribution in [-0.2, 0) is 6.42 Å². The first-order valence-electron chi connectivity index (χ1n) is 11.8. The summed E-state index contributed by atoms with van der Waals surface area (Å²) in [4.78, 5) is 38.6. The van der Waals surface area contributed by atoms with Crippen LogP contribution in [0.2, 0.25) is 0 Å². The van der Waals surface area contributed by atoms with E-state index in [4.69, 9.17) is 19.9 Å². The van der Waals surface area contributed by atoms with Crippen molar-refractivity contribution in [1.82, 2.24) is 19.5 Å². The van der Waals surface area contributed by atoms with Crippen LogP contribution in [0.4, 0.5) is 14.7 Å². The van der Waals surface area contributed by atoms with E-state index in [1.807, 2.05) is 0 Å². The number of halogens is 2. The number of benzene rings is 2. The van der Waals surface area contributed by atoms with Crippen molar-refractivity contribution in [1.29, 1.82) is 0 Å². The molecule has 0 aliphatic heterocycles. The second-order valence-corrected chi connectivity index (χ2v) is 8.49. The maximum absolute atomic E-state index is 15.1. The van der Waals surface area contributed by atoms with Crippen molar-refractivity contribution < 1.29 is 27.8 Å². The number of nitrogens with zero attached hydrogens (tertiary/aromatic N) is 4. The predicted octanol–water partition coefficient (Wildman–Crippen LogP) is 4.27. The van der Waals surface area contributed by atoms with Crippen LogP contribution in [0.5, 0.6) is 23.1 Å². The number of carbonyl (C=O) groups excluding carboxylic acids is 1. The number of fused-ring (bicyclic) bond motifs is 1. The molecule has 0 amide bonds. The molecule has 3 aromatic heterocycles. The number of hydrogen-bond donors (Lipinski definition) is 1. The van der Waals surface area contributed by atoms with Gasteiger partial charge >= 0.3 is 0 Å². The van der Waals surface area contributed by atoms with Crippen LogP contribution in [0.15, 0.2) is 71.8 Å². The monoisotopic (exact) mass is 545 g/mol. The minimum absolute atomic E-state index is 0.117. The van der Waals surface area contributed by atoms with E-state index in [9.17, 15) is 14.0 Å². The fourth-order valence-corrected chi connectivity index (χ4v) is 4.02. The molecule has 0 aliphatic rings. The summed E-state index contributed by atoms with van der Waals surface area (Å²) >= 11 is 0. The molecule has 0 atom stereocenters. The smallest absolute Gasteiger partial charge is 0.270 e. The average molecular weight is 546 g/mol. The van der Waals surface area contributed by atoms with E-state index >= 15 is 4.39 Å². The second kappa shape index (κ2) is 10.8. The number of methoxy groups -OCH3 is 2. The van der Waals surface area contributed by atoms with Crippen molar-refractivity contribution in [2.24, 2.45) is 0 Å². The quantitative estimate of drug-likeness (QED) is 0.284. The van der Waals surface area contributed by atoms with E-state index in [1.54, 1.807) is 6.07 Å².